The van der Waals surface area contributed by atoms with E-state index in [-0.39, 0.29) is 0 Å². The van der Waals surface area contributed by atoms with Gasteiger partial charge in [0.25, 0.3) is 0 Å². The third kappa shape index (κ3) is 2.53. The summed E-state index contributed by atoms with van der Waals surface area (Å²) in [6.45, 7) is 3.64. The molecule has 1 aromatic heterocycles. The number of amidine groups is 1. The van der Waals surface area contributed by atoms with Crippen LogP contribution in [0, 0.1) is 12.7 Å². The maximum atomic E-state index is 13.9. The Kier molecular flexibility index (Phi) is 3.36. The summed E-state index contributed by atoms with van der Waals surface area (Å²) in [6.07, 6.45) is 2.10. The van der Waals surface area contributed by atoms with Gasteiger partial charge in [0.2, 0.25) is 0 Å². The topological polar surface area (TPSA) is 69.1 Å². The molecule has 18 heavy (non-hydrogen) atoms. The number of hydrogen-bond acceptors (Lipinski definition) is 3. The highest BCUT2D eigenvalue weighted by Gasteiger charge is 2.07. The Morgan fingerprint density at radius 2 is 2.28 bits per heavy atom. The van der Waals surface area contributed by atoms with Gasteiger partial charge in [0, 0.05) is 12.5 Å². The number of nitrogens with two attached hydrogens (primary N) is 1. The first-order valence-electron chi connectivity index (χ1n) is 5.61. The normalized spacial score (nSPS) is 11.8. The van der Waals surface area contributed by atoms with Crippen LogP contribution in [0.25, 0.3) is 5.69 Å². The number of halogens is 1. The minimum Gasteiger partial charge on any atom is -0.387 e. The maximum Gasteiger partial charge on any atom is 0.151 e. The molecule has 0 saturated heterocycles. The molecule has 0 saturated carbocycles. The zero-order chi connectivity index (χ0) is 13.1. The van der Waals surface area contributed by atoms with Crippen LogP contribution in [0.2, 0.25) is 0 Å². The molecule has 0 aliphatic carbocycles. The van der Waals surface area contributed by atoms with E-state index in [1.807, 2.05) is 6.92 Å². The number of aryl methyl sites for hydroxylation is 1. The van der Waals surface area contributed by atoms with Gasteiger partial charge < -0.3 is 5.73 Å². The Labute approximate surface area is 104 Å². The van der Waals surface area contributed by atoms with Crippen LogP contribution in [0.1, 0.15) is 19.2 Å². The number of aliphatic imine (C=N–C) groups is 1. The summed E-state index contributed by atoms with van der Waals surface area (Å²) in [5.41, 5.74) is 6.44. The van der Waals surface area contributed by atoms with Crippen LogP contribution in [0.3, 0.4) is 0 Å². The summed E-state index contributed by atoms with van der Waals surface area (Å²) in [7, 11) is 0. The van der Waals surface area contributed by atoms with Crippen LogP contribution >= 0.6 is 0 Å². The minimum absolute atomic E-state index is 0.338. The van der Waals surface area contributed by atoms with Crippen molar-refractivity contribution >= 4 is 11.5 Å². The molecule has 0 spiro atoms. The lowest BCUT2D eigenvalue weighted by atomic mass is 10.2. The molecular formula is C12H14FN5. The van der Waals surface area contributed by atoms with E-state index in [4.69, 9.17) is 5.73 Å². The van der Waals surface area contributed by atoms with Gasteiger partial charge in [-0.1, -0.05) is 6.92 Å². The van der Waals surface area contributed by atoms with E-state index in [2.05, 4.69) is 15.1 Å². The van der Waals surface area contributed by atoms with Gasteiger partial charge in [-0.25, -0.2) is 19.0 Å². The first-order chi connectivity index (χ1) is 8.60. The number of hydrogen-bond donors (Lipinski definition) is 1. The largest absolute Gasteiger partial charge is 0.387 e. The average molecular weight is 247 g/mol. The monoisotopic (exact) mass is 247 g/mol. The van der Waals surface area contributed by atoms with Gasteiger partial charge in [-0.2, -0.15) is 5.10 Å². The number of aromatic nitrogens is 3. The van der Waals surface area contributed by atoms with Crippen molar-refractivity contribution in [3.63, 3.8) is 0 Å². The van der Waals surface area contributed by atoms with Crippen molar-refractivity contribution in [3.05, 3.63) is 36.2 Å². The molecule has 0 bridgehead atoms. The molecule has 0 radical (unpaired) electrons. The maximum absolute atomic E-state index is 13.9. The highest BCUT2D eigenvalue weighted by Crippen LogP contribution is 2.19. The predicted molar refractivity (Wildman–Crippen MR) is 67.6 cm³/mol. The molecule has 1 aromatic carbocycles. The minimum atomic E-state index is -0.412. The Bertz CT molecular complexity index is 588. The van der Waals surface area contributed by atoms with Crippen LogP contribution < -0.4 is 5.73 Å². The van der Waals surface area contributed by atoms with Crippen LogP contribution in [0.15, 0.2) is 29.5 Å². The van der Waals surface area contributed by atoms with Crippen LogP contribution in [-0.4, -0.2) is 20.6 Å². The zero-order valence-corrected chi connectivity index (χ0v) is 10.3. The molecule has 6 heteroatoms. The standard InChI is InChI=1S/C12H14FN5/c1-3-12(14)16-9-4-5-11(10(13)6-9)18-7-15-8(2)17-18/h4-7H,3H2,1-2H3,(H2,14,16). The molecule has 0 aliphatic heterocycles. The smallest absolute Gasteiger partial charge is 0.151 e. The molecular weight excluding hydrogens is 233 g/mol. The van der Waals surface area contributed by atoms with Gasteiger partial charge >= 0.3 is 0 Å². The fourth-order valence-corrected chi connectivity index (χ4v) is 1.46. The molecule has 0 unspecified atom stereocenters. The summed E-state index contributed by atoms with van der Waals surface area (Å²) in [5.74, 6) is 0.649. The second-order valence-electron chi connectivity index (χ2n) is 3.83. The van der Waals surface area contributed by atoms with E-state index in [0.29, 0.717) is 29.5 Å². The van der Waals surface area contributed by atoms with Crippen molar-refractivity contribution in [1.29, 1.82) is 0 Å². The third-order valence-electron chi connectivity index (χ3n) is 2.42. The lowest BCUT2D eigenvalue weighted by Crippen LogP contribution is -2.08. The summed E-state index contributed by atoms with van der Waals surface area (Å²) < 4.78 is 15.3. The summed E-state index contributed by atoms with van der Waals surface area (Å²) >= 11 is 0. The molecule has 0 aliphatic rings. The number of rotatable bonds is 3. The van der Waals surface area contributed by atoms with Crippen molar-refractivity contribution in [2.24, 2.45) is 10.7 Å². The molecule has 2 N–H and O–H groups in total. The first-order valence-corrected chi connectivity index (χ1v) is 5.61. The van der Waals surface area contributed by atoms with Crippen molar-refractivity contribution in [3.8, 4) is 5.69 Å². The predicted octanol–water partition coefficient (Wildman–Crippen LogP) is 2.11. The quantitative estimate of drug-likeness (QED) is 0.667. The summed E-state index contributed by atoms with van der Waals surface area (Å²) in [5, 5.41) is 4.05. The molecule has 0 atom stereocenters. The Balaban J connectivity index is 2.36. The molecule has 2 aromatic rings. The van der Waals surface area contributed by atoms with Gasteiger partial charge in [-0.3, -0.25) is 0 Å². The zero-order valence-electron chi connectivity index (χ0n) is 10.3. The van der Waals surface area contributed by atoms with Gasteiger partial charge in [0.15, 0.2) is 5.82 Å². The van der Waals surface area contributed by atoms with Gasteiger partial charge in [-0.15, -0.1) is 0 Å². The molecule has 94 valence electrons. The van der Waals surface area contributed by atoms with Crippen molar-refractivity contribution in [2.45, 2.75) is 20.3 Å². The molecule has 0 amide bonds. The van der Waals surface area contributed by atoms with Gasteiger partial charge in [0.05, 0.1) is 11.5 Å². The second kappa shape index (κ2) is 4.95. The summed E-state index contributed by atoms with van der Waals surface area (Å²) in [4.78, 5) is 8.04. The fourth-order valence-electron chi connectivity index (χ4n) is 1.46. The van der Waals surface area contributed by atoms with E-state index in [1.54, 1.807) is 19.1 Å². The van der Waals surface area contributed by atoms with Crippen LogP contribution in [0.4, 0.5) is 10.1 Å². The van der Waals surface area contributed by atoms with Crippen molar-refractivity contribution < 1.29 is 4.39 Å². The number of benzene rings is 1. The molecule has 1 heterocycles. The third-order valence-corrected chi connectivity index (χ3v) is 2.42. The highest BCUT2D eigenvalue weighted by molar-refractivity contribution is 5.82. The van der Waals surface area contributed by atoms with Crippen LogP contribution in [-0.2, 0) is 0 Å². The van der Waals surface area contributed by atoms with E-state index in [1.165, 1.54) is 17.1 Å². The lowest BCUT2D eigenvalue weighted by Gasteiger charge is -2.03. The average Bonchev–Trinajstić information content (AvgIpc) is 2.75. The Hall–Kier alpha value is -2.24. The van der Waals surface area contributed by atoms with Crippen LogP contribution in [0.5, 0.6) is 0 Å². The Morgan fingerprint density at radius 3 is 2.83 bits per heavy atom. The number of nitrogens with zero attached hydrogens (tertiary/aromatic N) is 4. The molecule has 5 nitrogen and oxygen atoms in total. The van der Waals surface area contributed by atoms with Gasteiger partial charge in [0.1, 0.15) is 17.8 Å². The van der Waals surface area contributed by atoms with E-state index >= 15 is 0 Å². The summed E-state index contributed by atoms with van der Waals surface area (Å²) in [6, 6.07) is 4.62. The van der Waals surface area contributed by atoms with Crippen molar-refractivity contribution in [1.82, 2.24) is 14.8 Å². The SMILES string of the molecule is CCC(N)=Nc1ccc(-n2cnc(C)n2)c(F)c1. The fraction of sp³-hybridized carbons (Fsp3) is 0.250. The Morgan fingerprint density at radius 1 is 1.50 bits per heavy atom. The molecule has 2 rings (SSSR count). The van der Waals surface area contributed by atoms with E-state index < -0.39 is 5.82 Å². The van der Waals surface area contributed by atoms with E-state index in [0.717, 1.165) is 0 Å². The highest BCUT2D eigenvalue weighted by atomic mass is 19.1. The van der Waals surface area contributed by atoms with Crippen molar-refractivity contribution in [2.75, 3.05) is 0 Å². The first kappa shape index (κ1) is 12.2. The second-order valence-corrected chi connectivity index (χ2v) is 3.83. The van der Waals surface area contributed by atoms with Gasteiger partial charge in [-0.05, 0) is 19.1 Å². The lowest BCUT2D eigenvalue weighted by molar-refractivity contribution is 0.610. The molecule has 0 fully saturated rings. The van der Waals surface area contributed by atoms with E-state index in [9.17, 15) is 4.39 Å².